The van der Waals surface area contributed by atoms with E-state index in [0.29, 0.717) is 18.0 Å². The van der Waals surface area contributed by atoms with Crippen LogP contribution < -0.4 is 20.1 Å². The lowest BCUT2D eigenvalue weighted by Crippen LogP contribution is -2.58. The number of urea groups is 1. The van der Waals surface area contributed by atoms with Crippen LogP contribution in [0.1, 0.15) is 31.2 Å². The Morgan fingerprint density at radius 2 is 1.96 bits per heavy atom. The van der Waals surface area contributed by atoms with Crippen molar-refractivity contribution in [3.8, 4) is 11.5 Å². The fourth-order valence-electron chi connectivity index (χ4n) is 3.68. The molecule has 132 valence electrons. The van der Waals surface area contributed by atoms with E-state index in [-0.39, 0.29) is 17.5 Å². The van der Waals surface area contributed by atoms with Gasteiger partial charge in [0.05, 0.1) is 14.2 Å². The summed E-state index contributed by atoms with van der Waals surface area (Å²) < 4.78 is 16.0. The summed E-state index contributed by atoms with van der Waals surface area (Å²) in [4.78, 5) is 12.2. The summed E-state index contributed by atoms with van der Waals surface area (Å²) in [7, 11) is 3.21. The molecule has 0 bridgehead atoms. The van der Waals surface area contributed by atoms with Gasteiger partial charge in [-0.15, -0.1) is 0 Å². The highest BCUT2D eigenvalue weighted by Crippen LogP contribution is 2.48. The second-order valence-electron chi connectivity index (χ2n) is 6.58. The van der Waals surface area contributed by atoms with Gasteiger partial charge in [-0.25, -0.2) is 4.79 Å². The maximum Gasteiger partial charge on any atom is 0.315 e. The Kier molecular flexibility index (Phi) is 5.14. The largest absolute Gasteiger partial charge is 0.493 e. The number of amides is 2. The maximum absolute atomic E-state index is 12.2. The maximum atomic E-state index is 12.2. The highest BCUT2D eigenvalue weighted by Gasteiger charge is 2.47. The van der Waals surface area contributed by atoms with E-state index in [2.05, 4.69) is 10.6 Å². The molecule has 2 fully saturated rings. The molecule has 1 aliphatic heterocycles. The van der Waals surface area contributed by atoms with Gasteiger partial charge in [0.25, 0.3) is 0 Å². The molecule has 2 aliphatic rings. The van der Waals surface area contributed by atoms with Gasteiger partial charge in [-0.2, -0.15) is 0 Å². The molecule has 1 atom stereocenters. The van der Waals surface area contributed by atoms with Crippen LogP contribution in [0.25, 0.3) is 0 Å². The number of rotatable bonds is 5. The van der Waals surface area contributed by atoms with Crippen LogP contribution >= 0.6 is 0 Å². The molecule has 1 unspecified atom stereocenters. The van der Waals surface area contributed by atoms with E-state index >= 15 is 0 Å². The lowest BCUT2D eigenvalue weighted by atomic mass is 9.60. The number of benzene rings is 1. The van der Waals surface area contributed by atoms with Crippen LogP contribution in [0.4, 0.5) is 4.79 Å². The molecule has 6 nitrogen and oxygen atoms in total. The van der Waals surface area contributed by atoms with Crippen LogP contribution in [0.5, 0.6) is 11.5 Å². The molecule has 1 saturated heterocycles. The summed E-state index contributed by atoms with van der Waals surface area (Å²) in [5, 5.41) is 6.07. The van der Waals surface area contributed by atoms with Crippen LogP contribution in [0, 0.1) is 5.41 Å². The number of hydrogen-bond donors (Lipinski definition) is 2. The van der Waals surface area contributed by atoms with Crippen molar-refractivity contribution in [1.29, 1.82) is 0 Å². The molecule has 1 aliphatic carbocycles. The molecular weight excluding hydrogens is 308 g/mol. The highest BCUT2D eigenvalue weighted by molar-refractivity contribution is 5.74. The summed E-state index contributed by atoms with van der Waals surface area (Å²) in [6, 6.07) is 5.80. The average Bonchev–Trinajstić information content (AvgIpc) is 2.64. The lowest BCUT2D eigenvalue weighted by Gasteiger charge is -2.51. The fraction of sp³-hybridized carbons (Fsp3) is 0.611. The number of hydrogen-bond acceptors (Lipinski definition) is 4. The number of nitrogens with one attached hydrogen (secondary N) is 2. The third kappa shape index (κ3) is 3.43. The SMILES string of the molecule is COc1ccc(CNC(=O)NC2CCC23CCOCC3)cc1OC. The molecule has 6 heteroatoms. The Balaban J connectivity index is 1.51. The number of carbonyl (C=O) groups is 1. The van der Waals surface area contributed by atoms with Gasteiger partial charge >= 0.3 is 6.03 Å². The molecule has 1 saturated carbocycles. The Labute approximate surface area is 142 Å². The fourth-order valence-corrected chi connectivity index (χ4v) is 3.68. The second-order valence-corrected chi connectivity index (χ2v) is 6.58. The zero-order valence-corrected chi connectivity index (χ0v) is 14.4. The lowest BCUT2D eigenvalue weighted by molar-refractivity contribution is -0.0511. The van der Waals surface area contributed by atoms with E-state index in [1.165, 1.54) is 6.42 Å². The van der Waals surface area contributed by atoms with Gasteiger partial charge in [0.2, 0.25) is 0 Å². The van der Waals surface area contributed by atoms with Crippen molar-refractivity contribution in [2.75, 3.05) is 27.4 Å². The molecule has 1 spiro atoms. The molecule has 1 aromatic rings. The first kappa shape index (κ1) is 16.9. The van der Waals surface area contributed by atoms with Gasteiger partial charge in [-0.05, 0) is 48.8 Å². The van der Waals surface area contributed by atoms with Crippen molar-refractivity contribution in [2.45, 2.75) is 38.3 Å². The molecule has 2 amide bonds. The molecule has 3 rings (SSSR count). The molecule has 0 aromatic heterocycles. The van der Waals surface area contributed by atoms with E-state index < -0.39 is 0 Å². The smallest absolute Gasteiger partial charge is 0.315 e. The standard InChI is InChI=1S/C18H26N2O4/c1-22-14-4-3-13(11-15(14)23-2)12-19-17(21)20-16-5-6-18(16)7-9-24-10-8-18/h3-4,11,16H,5-10,12H2,1-2H3,(H2,19,20,21). The van der Waals surface area contributed by atoms with E-state index in [1.807, 2.05) is 18.2 Å². The van der Waals surface area contributed by atoms with Crippen LogP contribution in [0.15, 0.2) is 18.2 Å². The zero-order chi connectivity index (χ0) is 17.0. The Morgan fingerprint density at radius 1 is 1.21 bits per heavy atom. The molecule has 2 N–H and O–H groups in total. The van der Waals surface area contributed by atoms with Gasteiger partial charge in [-0.1, -0.05) is 6.07 Å². The van der Waals surface area contributed by atoms with Crippen molar-refractivity contribution in [3.05, 3.63) is 23.8 Å². The van der Waals surface area contributed by atoms with E-state index in [1.54, 1.807) is 14.2 Å². The van der Waals surface area contributed by atoms with Crippen molar-refractivity contribution in [2.24, 2.45) is 5.41 Å². The van der Waals surface area contributed by atoms with Crippen LogP contribution in [0.2, 0.25) is 0 Å². The molecule has 0 radical (unpaired) electrons. The second kappa shape index (κ2) is 7.30. The van der Waals surface area contributed by atoms with Crippen molar-refractivity contribution in [1.82, 2.24) is 10.6 Å². The predicted octanol–water partition coefficient (Wildman–Crippen LogP) is 2.46. The number of methoxy groups -OCH3 is 2. The third-order valence-electron chi connectivity index (χ3n) is 5.37. The summed E-state index contributed by atoms with van der Waals surface area (Å²) in [5.41, 5.74) is 1.23. The van der Waals surface area contributed by atoms with Gasteiger partial charge in [0, 0.05) is 25.8 Å². The summed E-state index contributed by atoms with van der Waals surface area (Å²) in [6.07, 6.45) is 4.35. The third-order valence-corrected chi connectivity index (χ3v) is 5.37. The van der Waals surface area contributed by atoms with E-state index in [9.17, 15) is 4.79 Å². The van der Waals surface area contributed by atoms with Crippen molar-refractivity contribution < 1.29 is 19.0 Å². The van der Waals surface area contributed by atoms with E-state index in [4.69, 9.17) is 14.2 Å². The highest BCUT2D eigenvalue weighted by atomic mass is 16.5. The van der Waals surface area contributed by atoms with Crippen LogP contribution in [0.3, 0.4) is 0 Å². The predicted molar refractivity (Wildman–Crippen MR) is 90.4 cm³/mol. The molecular formula is C18H26N2O4. The average molecular weight is 334 g/mol. The first-order valence-corrected chi connectivity index (χ1v) is 8.50. The topological polar surface area (TPSA) is 68.8 Å². The zero-order valence-electron chi connectivity index (χ0n) is 14.4. The van der Waals surface area contributed by atoms with Gasteiger partial charge < -0.3 is 24.8 Å². The first-order chi connectivity index (χ1) is 11.7. The Morgan fingerprint density at radius 3 is 2.58 bits per heavy atom. The van der Waals surface area contributed by atoms with Crippen molar-refractivity contribution in [3.63, 3.8) is 0 Å². The minimum Gasteiger partial charge on any atom is -0.493 e. The van der Waals surface area contributed by atoms with Gasteiger partial charge in [0.15, 0.2) is 11.5 Å². The van der Waals surface area contributed by atoms with Gasteiger partial charge in [0.1, 0.15) is 0 Å². The number of ether oxygens (including phenoxy) is 3. The minimum absolute atomic E-state index is 0.111. The summed E-state index contributed by atoms with van der Waals surface area (Å²) in [5.74, 6) is 1.35. The van der Waals surface area contributed by atoms with Crippen LogP contribution in [-0.4, -0.2) is 39.5 Å². The molecule has 24 heavy (non-hydrogen) atoms. The monoisotopic (exact) mass is 334 g/mol. The normalized spacial score (nSPS) is 21.7. The molecule has 1 aromatic carbocycles. The molecule has 1 heterocycles. The van der Waals surface area contributed by atoms with Gasteiger partial charge in [-0.3, -0.25) is 0 Å². The Hall–Kier alpha value is -1.95. The van der Waals surface area contributed by atoms with Crippen LogP contribution in [-0.2, 0) is 11.3 Å². The van der Waals surface area contributed by atoms with Crippen molar-refractivity contribution >= 4 is 6.03 Å². The number of carbonyl (C=O) groups excluding carboxylic acids is 1. The summed E-state index contributed by atoms with van der Waals surface area (Å²) >= 11 is 0. The minimum atomic E-state index is -0.111. The first-order valence-electron chi connectivity index (χ1n) is 8.50. The Bertz CT molecular complexity index is 584. The summed E-state index contributed by atoms with van der Waals surface area (Å²) in [6.45, 7) is 2.08. The quantitative estimate of drug-likeness (QED) is 0.868. The van der Waals surface area contributed by atoms with E-state index in [0.717, 1.165) is 38.0 Å².